The van der Waals surface area contributed by atoms with Crippen molar-refractivity contribution in [3.8, 4) is 0 Å². The molecule has 6 nitrogen and oxygen atoms in total. The molecular weight excluding hydrogens is 258 g/mol. The van der Waals surface area contributed by atoms with E-state index in [9.17, 15) is 14.7 Å². The minimum absolute atomic E-state index is 0.0412. The fourth-order valence-corrected chi connectivity index (χ4v) is 1.96. The van der Waals surface area contributed by atoms with Crippen molar-refractivity contribution in [2.24, 2.45) is 0 Å². The van der Waals surface area contributed by atoms with Crippen LogP contribution in [-0.2, 0) is 4.79 Å². The molecule has 0 aliphatic carbocycles. The lowest BCUT2D eigenvalue weighted by atomic mass is 10.1. The van der Waals surface area contributed by atoms with Gasteiger partial charge in [-0.15, -0.1) is 0 Å². The minimum Gasteiger partial charge on any atom is -0.478 e. The molecule has 0 saturated heterocycles. The molecule has 1 aromatic carbocycles. The number of hydrogen-bond acceptors (Lipinski definition) is 4. The number of fused-ring (bicyclic) bond motifs is 1. The second-order valence-corrected chi connectivity index (χ2v) is 4.35. The number of anilines is 1. The summed E-state index contributed by atoms with van der Waals surface area (Å²) in [5.41, 5.74) is 1.11. The first-order valence-corrected chi connectivity index (χ1v) is 6.13. The van der Waals surface area contributed by atoms with Gasteiger partial charge in [0.25, 0.3) is 0 Å². The molecule has 20 heavy (non-hydrogen) atoms. The number of aromatic carboxylic acids is 1. The van der Waals surface area contributed by atoms with Crippen LogP contribution < -0.4 is 10.6 Å². The zero-order chi connectivity index (χ0) is 14.7. The molecule has 0 spiro atoms. The molecule has 2 rings (SSSR count). The Kier molecular flexibility index (Phi) is 3.84. The van der Waals surface area contributed by atoms with E-state index in [0.29, 0.717) is 16.6 Å². The molecule has 1 atom stereocenters. The van der Waals surface area contributed by atoms with Crippen molar-refractivity contribution in [3.63, 3.8) is 0 Å². The molecule has 0 aliphatic heterocycles. The van der Waals surface area contributed by atoms with E-state index in [0.717, 1.165) is 0 Å². The average Bonchev–Trinajstić information content (AvgIpc) is 2.46. The summed E-state index contributed by atoms with van der Waals surface area (Å²) in [6.45, 7) is 1.67. The first-order chi connectivity index (χ1) is 9.54. The standard InChI is InChI=1S/C14H15N3O3/c1-8(13(18)15-2)17-12-9-5-3-4-6-11(9)16-7-10(12)14(19)20/h3-8H,1-2H3,(H,15,18)(H,16,17)(H,19,20). The Morgan fingerprint density at radius 3 is 2.65 bits per heavy atom. The molecule has 0 aliphatic rings. The number of carbonyl (C=O) groups excluding carboxylic acids is 1. The average molecular weight is 273 g/mol. The van der Waals surface area contributed by atoms with Crippen LogP contribution in [0.3, 0.4) is 0 Å². The number of carbonyl (C=O) groups is 2. The van der Waals surface area contributed by atoms with Crippen molar-refractivity contribution in [2.75, 3.05) is 12.4 Å². The molecule has 0 bridgehead atoms. The molecule has 6 heteroatoms. The summed E-state index contributed by atoms with van der Waals surface area (Å²) in [6.07, 6.45) is 1.30. The summed E-state index contributed by atoms with van der Waals surface area (Å²) in [4.78, 5) is 27.0. The van der Waals surface area contributed by atoms with Crippen molar-refractivity contribution in [3.05, 3.63) is 36.0 Å². The van der Waals surface area contributed by atoms with Crippen molar-refractivity contribution in [2.45, 2.75) is 13.0 Å². The van der Waals surface area contributed by atoms with Gasteiger partial charge < -0.3 is 15.7 Å². The van der Waals surface area contributed by atoms with E-state index in [-0.39, 0.29) is 11.5 Å². The van der Waals surface area contributed by atoms with Gasteiger partial charge in [-0.3, -0.25) is 9.78 Å². The third-order valence-electron chi connectivity index (χ3n) is 3.01. The molecule has 1 amide bonds. The summed E-state index contributed by atoms with van der Waals surface area (Å²) < 4.78 is 0. The van der Waals surface area contributed by atoms with Gasteiger partial charge in [-0.05, 0) is 13.0 Å². The molecule has 0 saturated carbocycles. The summed E-state index contributed by atoms with van der Waals surface area (Å²) in [6, 6.07) is 6.63. The molecular formula is C14H15N3O3. The number of amides is 1. The first kappa shape index (κ1) is 13.8. The Morgan fingerprint density at radius 1 is 1.30 bits per heavy atom. The molecule has 0 fully saturated rings. The van der Waals surface area contributed by atoms with Gasteiger partial charge in [0.05, 0.1) is 11.2 Å². The Labute approximate surface area is 115 Å². The van der Waals surface area contributed by atoms with Gasteiger partial charge in [0, 0.05) is 18.6 Å². The molecule has 0 radical (unpaired) electrons. The summed E-state index contributed by atoms with van der Waals surface area (Å²) in [5, 5.41) is 15.4. The lowest BCUT2D eigenvalue weighted by Gasteiger charge is -2.17. The Morgan fingerprint density at radius 2 is 2.00 bits per heavy atom. The lowest BCUT2D eigenvalue weighted by molar-refractivity contribution is -0.121. The highest BCUT2D eigenvalue weighted by Gasteiger charge is 2.18. The highest BCUT2D eigenvalue weighted by atomic mass is 16.4. The number of benzene rings is 1. The number of nitrogens with one attached hydrogen (secondary N) is 2. The fraction of sp³-hybridized carbons (Fsp3) is 0.214. The third kappa shape index (κ3) is 2.54. The van der Waals surface area contributed by atoms with Crippen LogP contribution in [0, 0.1) is 0 Å². The zero-order valence-electron chi connectivity index (χ0n) is 11.2. The van der Waals surface area contributed by atoms with Crippen LogP contribution in [0.1, 0.15) is 17.3 Å². The van der Waals surface area contributed by atoms with Gasteiger partial charge in [-0.25, -0.2) is 4.79 Å². The van der Waals surface area contributed by atoms with Crippen LogP contribution in [0.25, 0.3) is 10.9 Å². The number of hydrogen-bond donors (Lipinski definition) is 3. The van der Waals surface area contributed by atoms with Crippen molar-refractivity contribution < 1.29 is 14.7 Å². The number of para-hydroxylation sites is 1. The van der Waals surface area contributed by atoms with Crippen LogP contribution in [0.2, 0.25) is 0 Å². The van der Waals surface area contributed by atoms with Crippen LogP contribution >= 0.6 is 0 Å². The fourth-order valence-electron chi connectivity index (χ4n) is 1.96. The maximum atomic E-state index is 11.6. The zero-order valence-corrected chi connectivity index (χ0v) is 11.2. The largest absolute Gasteiger partial charge is 0.478 e. The van der Waals surface area contributed by atoms with E-state index in [2.05, 4.69) is 15.6 Å². The monoisotopic (exact) mass is 273 g/mol. The smallest absolute Gasteiger partial charge is 0.339 e. The molecule has 1 heterocycles. The van der Waals surface area contributed by atoms with E-state index in [4.69, 9.17) is 0 Å². The van der Waals surface area contributed by atoms with Gasteiger partial charge in [-0.2, -0.15) is 0 Å². The number of aromatic nitrogens is 1. The van der Waals surface area contributed by atoms with E-state index >= 15 is 0 Å². The number of nitrogens with zero attached hydrogens (tertiary/aromatic N) is 1. The second kappa shape index (κ2) is 5.56. The Bertz CT molecular complexity index is 670. The third-order valence-corrected chi connectivity index (χ3v) is 3.01. The molecule has 1 aromatic heterocycles. The number of carboxylic acids is 1. The van der Waals surface area contributed by atoms with Crippen LogP contribution in [0.5, 0.6) is 0 Å². The van der Waals surface area contributed by atoms with Crippen LogP contribution in [0.15, 0.2) is 30.5 Å². The molecule has 104 valence electrons. The quantitative estimate of drug-likeness (QED) is 0.784. The minimum atomic E-state index is -1.09. The van der Waals surface area contributed by atoms with E-state index < -0.39 is 12.0 Å². The summed E-state index contributed by atoms with van der Waals surface area (Å²) in [5.74, 6) is -1.31. The summed E-state index contributed by atoms with van der Waals surface area (Å²) >= 11 is 0. The normalized spacial score (nSPS) is 11.9. The van der Waals surface area contributed by atoms with Gasteiger partial charge >= 0.3 is 5.97 Å². The molecule has 2 aromatic rings. The maximum Gasteiger partial charge on any atom is 0.339 e. The topological polar surface area (TPSA) is 91.3 Å². The van der Waals surface area contributed by atoms with E-state index in [1.165, 1.54) is 13.2 Å². The second-order valence-electron chi connectivity index (χ2n) is 4.35. The van der Waals surface area contributed by atoms with Crippen molar-refractivity contribution >= 4 is 28.5 Å². The van der Waals surface area contributed by atoms with Gasteiger partial charge in [0.15, 0.2) is 0 Å². The molecule has 3 N–H and O–H groups in total. The Hall–Kier alpha value is -2.63. The number of rotatable bonds is 4. The van der Waals surface area contributed by atoms with E-state index in [1.807, 2.05) is 6.07 Å². The SMILES string of the molecule is CNC(=O)C(C)Nc1c(C(=O)O)cnc2ccccc12. The highest BCUT2D eigenvalue weighted by molar-refractivity contribution is 6.05. The van der Waals surface area contributed by atoms with Gasteiger partial charge in [0.1, 0.15) is 11.6 Å². The maximum absolute atomic E-state index is 11.6. The van der Waals surface area contributed by atoms with Gasteiger partial charge in [0.2, 0.25) is 5.91 Å². The van der Waals surface area contributed by atoms with Gasteiger partial charge in [-0.1, -0.05) is 18.2 Å². The van der Waals surface area contributed by atoms with E-state index in [1.54, 1.807) is 25.1 Å². The lowest BCUT2D eigenvalue weighted by Crippen LogP contribution is -2.35. The first-order valence-electron chi connectivity index (χ1n) is 6.13. The Balaban J connectivity index is 2.55. The molecule has 1 unspecified atom stereocenters. The van der Waals surface area contributed by atoms with Crippen molar-refractivity contribution in [1.82, 2.24) is 10.3 Å². The highest BCUT2D eigenvalue weighted by Crippen LogP contribution is 2.26. The van der Waals surface area contributed by atoms with Crippen LogP contribution in [-0.4, -0.2) is 35.1 Å². The number of carboxylic acid groups (broad SMARTS) is 1. The summed E-state index contributed by atoms with van der Waals surface area (Å²) in [7, 11) is 1.53. The number of pyridine rings is 1. The number of likely N-dealkylation sites (N-methyl/N-ethyl adjacent to an activating group) is 1. The predicted octanol–water partition coefficient (Wildman–Crippen LogP) is 1.48. The predicted molar refractivity (Wildman–Crippen MR) is 75.9 cm³/mol. The van der Waals surface area contributed by atoms with Crippen LogP contribution in [0.4, 0.5) is 5.69 Å². The van der Waals surface area contributed by atoms with Crippen molar-refractivity contribution in [1.29, 1.82) is 0 Å².